The van der Waals surface area contributed by atoms with Crippen LogP contribution in [0.3, 0.4) is 0 Å². The number of ketones is 1. The second-order valence-corrected chi connectivity index (χ2v) is 8.41. The van der Waals surface area contributed by atoms with E-state index in [4.69, 9.17) is 20.3 Å². The third-order valence-electron chi connectivity index (χ3n) is 5.00. The van der Waals surface area contributed by atoms with Crippen molar-refractivity contribution in [1.29, 1.82) is 0 Å². The van der Waals surface area contributed by atoms with Crippen molar-refractivity contribution in [2.24, 2.45) is 11.7 Å². The van der Waals surface area contributed by atoms with Crippen molar-refractivity contribution in [1.82, 2.24) is 0 Å². The fraction of sp³-hybridized carbons (Fsp3) is 0.333. The van der Waals surface area contributed by atoms with Gasteiger partial charge >= 0.3 is 12.1 Å². The molecule has 0 aromatic heterocycles. The number of allylic oxidation sites excluding steroid dienone is 4. The van der Waals surface area contributed by atoms with Crippen molar-refractivity contribution in [2.45, 2.75) is 20.0 Å². The first-order valence-electron chi connectivity index (χ1n) is 10.3. The van der Waals surface area contributed by atoms with Crippen molar-refractivity contribution >= 4 is 23.5 Å². The molecule has 1 aromatic carbocycles. The number of Topliss-reactive ketones (excluding diaryl/α,β-unsaturated/α-hetero) is 1. The zero-order valence-corrected chi connectivity index (χ0v) is 19.6. The van der Waals surface area contributed by atoms with E-state index >= 15 is 0 Å². The van der Waals surface area contributed by atoms with Gasteiger partial charge in [0.05, 0.1) is 12.2 Å². The molecule has 1 aliphatic carbocycles. The first kappa shape index (κ1) is 27.3. The number of carbonyl (C=O) groups excluding carboxylic acids is 1. The summed E-state index contributed by atoms with van der Waals surface area (Å²) in [7, 11) is 0. The van der Waals surface area contributed by atoms with Crippen LogP contribution < -0.4 is 5.73 Å². The molecule has 0 bridgehead atoms. The fourth-order valence-corrected chi connectivity index (χ4v) is 4.04. The van der Waals surface area contributed by atoms with Crippen molar-refractivity contribution in [3.8, 4) is 0 Å². The summed E-state index contributed by atoms with van der Waals surface area (Å²) >= 11 is 1.37. The van der Waals surface area contributed by atoms with E-state index in [-0.39, 0.29) is 35.1 Å². The monoisotopic (exact) mass is 497 g/mol. The summed E-state index contributed by atoms with van der Waals surface area (Å²) in [5.41, 5.74) is 6.50. The Labute approximate surface area is 200 Å². The average molecular weight is 498 g/mol. The number of carboxylic acid groups (broad SMARTS) is 1. The summed E-state index contributed by atoms with van der Waals surface area (Å²) < 4.78 is 49.1. The van der Waals surface area contributed by atoms with Crippen LogP contribution in [0.1, 0.15) is 29.8 Å². The highest BCUT2D eigenvalue weighted by molar-refractivity contribution is 8.03. The second-order valence-electron chi connectivity index (χ2n) is 7.36. The van der Waals surface area contributed by atoms with Crippen LogP contribution in [0.4, 0.5) is 13.2 Å². The van der Waals surface area contributed by atoms with Gasteiger partial charge in [0.2, 0.25) is 0 Å². The molecule has 0 saturated carbocycles. The molecule has 0 amide bonds. The molecule has 34 heavy (non-hydrogen) atoms. The Morgan fingerprint density at radius 3 is 2.38 bits per heavy atom. The predicted octanol–water partition coefficient (Wildman–Crippen LogP) is 4.95. The summed E-state index contributed by atoms with van der Waals surface area (Å²) in [4.78, 5) is 24.6. The number of hydrogen-bond donors (Lipinski definition) is 2. The Balaban J connectivity index is 2.20. The maximum absolute atomic E-state index is 13.0. The Bertz CT molecular complexity index is 1030. The van der Waals surface area contributed by atoms with Gasteiger partial charge in [0, 0.05) is 35.1 Å². The number of benzene rings is 1. The molecular formula is C24H26F3NO5S. The number of hydrogen-bond acceptors (Lipinski definition) is 6. The molecule has 0 saturated heterocycles. The number of alkyl halides is 3. The van der Waals surface area contributed by atoms with Gasteiger partial charge in [-0.25, -0.2) is 4.79 Å². The molecule has 2 rings (SSSR count). The molecule has 1 atom stereocenters. The third kappa shape index (κ3) is 7.26. The second kappa shape index (κ2) is 11.9. The van der Waals surface area contributed by atoms with Crippen LogP contribution >= 0.6 is 11.8 Å². The molecular weight excluding hydrogens is 471 g/mol. The van der Waals surface area contributed by atoms with E-state index in [0.717, 1.165) is 29.2 Å². The number of halogens is 3. The maximum Gasteiger partial charge on any atom is 0.416 e. The highest BCUT2D eigenvalue weighted by Crippen LogP contribution is 2.37. The van der Waals surface area contributed by atoms with Crippen LogP contribution in [0.5, 0.6) is 0 Å². The Kier molecular flexibility index (Phi) is 9.57. The number of aliphatic carboxylic acids is 1. The summed E-state index contributed by atoms with van der Waals surface area (Å²) in [6.07, 6.45) is -1.10. The van der Waals surface area contributed by atoms with Gasteiger partial charge in [0.25, 0.3) is 0 Å². The van der Waals surface area contributed by atoms with Gasteiger partial charge < -0.3 is 20.3 Å². The van der Waals surface area contributed by atoms with Gasteiger partial charge in [-0.15, -0.1) is 11.8 Å². The van der Waals surface area contributed by atoms with Gasteiger partial charge in [-0.05, 0) is 41.7 Å². The van der Waals surface area contributed by atoms with E-state index in [9.17, 15) is 22.8 Å². The highest BCUT2D eigenvalue weighted by atomic mass is 32.2. The minimum atomic E-state index is -4.50. The summed E-state index contributed by atoms with van der Waals surface area (Å²) in [6.45, 7) is 7.38. The van der Waals surface area contributed by atoms with Gasteiger partial charge in [-0.2, -0.15) is 13.2 Å². The van der Waals surface area contributed by atoms with Crippen molar-refractivity contribution in [2.75, 3.05) is 25.6 Å². The van der Waals surface area contributed by atoms with Gasteiger partial charge in [0.15, 0.2) is 12.4 Å². The maximum atomic E-state index is 13.0. The quantitative estimate of drug-likeness (QED) is 0.330. The van der Waals surface area contributed by atoms with Crippen LogP contribution in [0, 0.1) is 5.92 Å². The first-order chi connectivity index (χ1) is 16.0. The molecule has 1 aromatic rings. The Hall–Kier alpha value is -2.98. The van der Waals surface area contributed by atoms with E-state index in [1.807, 2.05) is 6.92 Å². The summed E-state index contributed by atoms with van der Waals surface area (Å²) in [5, 5.41) is 8.78. The summed E-state index contributed by atoms with van der Waals surface area (Å²) in [5.74, 6) is -1.13. The number of carboxylic acids is 1. The van der Waals surface area contributed by atoms with E-state index in [1.165, 1.54) is 11.8 Å². The van der Waals surface area contributed by atoms with Crippen molar-refractivity contribution in [3.05, 3.63) is 81.6 Å². The van der Waals surface area contributed by atoms with Crippen molar-refractivity contribution in [3.63, 3.8) is 0 Å². The van der Waals surface area contributed by atoms with E-state index in [0.29, 0.717) is 17.9 Å². The third-order valence-corrected chi connectivity index (χ3v) is 6.28. The smallest absolute Gasteiger partial charge is 0.416 e. The lowest BCUT2D eigenvalue weighted by Gasteiger charge is -2.24. The van der Waals surface area contributed by atoms with E-state index in [2.05, 4.69) is 6.58 Å². The number of nitrogens with two attached hydrogens (primary N) is 1. The van der Waals surface area contributed by atoms with Crippen LogP contribution in [-0.4, -0.2) is 42.4 Å². The first-order valence-corrected chi connectivity index (χ1v) is 11.3. The molecule has 0 aliphatic heterocycles. The zero-order chi connectivity index (χ0) is 25.5. The minimum absolute atomic E-state index is 0.0723. The van der Waals surface area contributed by atoms with Gasteiger partial charge in [-0.3, -0.25) is 4.79 Å². The molecule has 0 radical (unpaired) electrons. The van der Waals surface area contributed by atoms with Gasteiger partial charge in [-0.1, -0.05) is 25.6 Å². The number of rotatable bonds is 11. The molecule has 1 aliphatic rings. The molecule has 184 valence electrons. The number of ether oxygens (including phenoxy) is 2. The normalized spacial score (nSPS) is 17.0. The lowest BCUT2D eigenvalue weighted by molar-refractivity contribution is -0.140. The Morgan fingerprint density at radius 2 is 1.82 bits per heavy atom. The predicted molar refractivity (Wildman–Crippen MR) is 124 cm³/mol. The molecule has 1 unspecified atom stereocenters. The Morgan fingerprint density at radius 1 is 1.18 bits per heavy atom. The number of carbonyl (C=O) groups is 2. The SMILES string of the molecule is C=C1C(OCC(=O)O)=CC=C(SCC(N)=C(COCC)C(=O)c2ccc(C(F)(F)F)cc2)C1C. The van der Waals surface area contributed by atoms with Crippen LogP contribution in [0.2, 0.25) is 0 Å². The minimum Gasteiger partial charge on any atom is -0.482 e. The highest BCUT2D eigenvalue weighted by Gasteiger charge is 2.30. The summed E-state index contributed by atoms with van der Waals surface area (Å²) in [6, 6.07) is 3.95. The van der Waals surface area contributed by atoms with Crippen molar-refractivity contribution < 1.29 is 37.3 Å². The average Bonchev–Trinajstić information content (AvgIpc) is 2.78. The largest absolute Gasteiger partial charge is 0.482 e. The van der Waals surface area contributed by atoms with E-state index in [1.54, 1.807) is 19.1 Å². The molecule has 0 heterocycles. The van der Waals surface area contributed by atoms with E-state index < -0.39 is 30.1 Å². The fourth-order valence-electron chi connectivity index (χ4n) is 2.99. The molecule has 0 fully saturated rings. The lowest BCUT2D eigenvalue weighted by Crippen LogP contribution is -2.19. The molecule has 3 N–H and O–H groups in total. The van der Waals surface area contributed by atoms with Crippen LogP contribution in [0.25, 0.3) is 0 Å². The topological polar surface area (TPSA) is 98.8 Å². The van der Waals surface area contributed by atoms with Crippen LogP contribution in [0.15, 0.2) is 70.5 Å². The van der Waals surface area contributed by atoms with Gasteiger partial charge in [0.1, 0.15) is 5.76 Å². The zero-order valence-electron chi connectivity index (χ0n) is 18.8. The molecule has 0 spiro atoms. The molecule has 6 nitrogen and oxygen atoms in total. The number of thioether (sulfide) groups is 1. The lowest BCUT2D eigenvalue weighted by atomic mass is 9.96. The standard InChI is InChI=1S/C24H26F3NO5S/c1-4-32-11-18(23(31)16-5-7-17(8-6-16)24(25,26)27)19(28)13-34-21-10-9-20(14(2)15(21)3)33-12-22(29)30/h5-10,15H,2,4,11-13,28H2,1,3H3,(H,29,30). The van der Waals surface area contributed by atoms with Crippen LogP contribution in [-0.2, 0) is 20.4 Å². The molecule has 10 heteroatoms.